The molecule has 1 rings (SSSR count). The molecule has 1 unspecified atom stereocenters. The van der Waals surface area contributed by atoms with Crippen LogP contribution in [0.2, 0.25) is 0 Å². The van der Waals surface area contributed by atoms with Crippen molar-refractivity contribution in [1.29, 1.82) is 0 Å². The highest BCUT2D eigenvalue weighted by atomic mass is 32.2. The zero-order valence-electron chi connectivity index (χ0n) is 9.98. The van der Waals surface area contributed by atoms with Gasteiger partial charge in [-0.1, -0.05) is 6.07 Å². The molecule has 0 saturated heterocycles. The standard InChI is InChI=1S/C12H17FO3S/c1-9-5-6-10(13)8-11(9)12(14)4-3-7-17(2,15)16/h5-6,8,12,14H,3-4,7H2,1-2H3. The van der Waals surface area contributed by atoms with Crippen LogP contribution in [0.1, 0.15) is 30.1 Å². The molecule has 0 radical (unpaired) electrons. The molecule has 0 heterocycles. The van der Waals surface area contributed by atoms with Crippen LogP contribution in [-0.4, -0.2) is 25.5 Å². The smallest absolute Gasteiger partial charge is 0.147 e. The fourth-order valence-electron chi connectivity index (χ4n) is 1.66. The predicted molar refractivity (Wildman–Crippen MR) is 65.0 cm³/mol. The molecule has 1 N–H and O–H groups in total. The van der Waals surface area contributed by atoms with Crippen LogP contribution in [0.15, 0.2) is 18.2 Å². The third-order valence-corrected chi connectivity index (χ3v) is 3.62. The summed E-state index contributed by atoms with van der Waals surface area (Å²) in [5, 5.41) is 9.86. The van der Waals surface area contributed by atoms with E-state index in [0.717, 1.165) is 11.8 Å². The molecule has 3 nitrogen and oxygen atoms in total. The first-order valence-corrected chi connectivity index (χ1v) is 7.47. The maximum Gasteiger partial charge on any atom is 0.147 e. The van der Waals surface area contributed by atoms with E-state index in [1.165, 1.54) is 12.1 Å². The van der Waals surface area contributed by atoms with Gasteiger partial charge in [-0.3, -0.25) is 0 Å². The summed E-state index contributed by atoms with van der Waals surface area (Å²) in [6, 6.07) is 4.23. The van der Waals surface area contributed by atoms with E-state index >= 15 is 0 Å². The second kappa shape index (κ2) is 5.60. The number of hydrogen-bond donors (Lipinski definition) is 1. The minimum Gasteiger partial charge on any atom is -0.388 e. The molecule has 0 aromatic heterocycles. The molecule has 0 fully saturated rings. The largest absolute Gasteiger partial charge is 0.388 e. The number of benzene rings is 1. The van der Waals surface area contributed by atoms with Crippen molar-refractivity contribution in [3.63, 3.8) is 0 Å². The molecule has 5 heteroatoms. The molecule has 0 aliphatic heterocycles. The van der Waals surface area contributed by atoms with E-state index in [4.69, 9.17) is 0 Å². The molecule has 0 aliphatic rings. The van der Waals surface area contributed by atoms with E-state index < -0.39 is 21.8 Å². The second-order valence-corrected chi connectivity index (χ2v) is 6.55. The molecule has 1 atom stereocenters. The quantitative estimate of drug-likeness (QED) is 0.881. The normalized spacial score (nSPS) is 13.6. The Morgan fingerprint density at radius 1 is 1.41 bits per heavy atom. The molecule has 1 aromatic carbocycles. The van der Waals surface area contributed by atoms with Crippen LogP contribution in [0.3, 0.4) is 0 Å². The van der Waals surface area contributed by atoms with Gasteiger partial charge in [0.2, 0.25) is 0 Å². The van der Waals surface area contributed by atoms with Gasteiger partial charge < -0.3 is 5.11 Å². The Bertz CT molecular complexity index is 483. The number of rotatable bonds is 5. The predicted octanol–water partition coefficient (Wildman–Crippen LogP) is 1.99. The lowest BCUT2D eigenvalue weighted by atomic mass is 10.0. The van der Waals surface area contributed by atoms with Crippen LogP contribution in [0.4, 0.5) is 4.39 Å². The lowest BCUT2D eigenvalue weighted by molar-refractivity contribution is 0.165. The first kappa shape index (κ1) is 14.1. The van der Waals surface area contributed by atoms with E-state index in [9.17, 15) is 17.9 Å². The summed E-state index contributed by atoms with van der Waals surface area (Å²) in [7, 11) is -3.01. The maximum absolute atomic E-state index is 13.0. The molecular weight excluding hydrogens is 243 g/mol. The number of sulfone groups is 1. The summed E-state index contributed by atoms with van der Waals surface area (Å²) in [5.74, 6) is -0.355. The Kier molecular flexibility index (Phi) is 4.65. The molecule has 0 spiro atoms. The molecule has 0 aliphatic carbocycles. The van der Waals surface area contributed by atoms with Crippen molar-refractivity contribution in [2.45, 2.75) is 25.9 Å². The Hall–Kier alpha value is -0.940. The van der Waals surface area contributed by atoms with Crippen LogP contribution in [0.5, 0.6) is 0 Å². The average Bonchev–Trinajstić information content (AvgIpc) is 2.19. The third kappa shape index (κ3) is 4.83. The van der Waals surface area contributed by atoms with Gasteiger partial charge in [0, 0.05) is 12.0 Å². The lowest BCUT2D eigenvalue weighted by Crippen LogP contribution is -2.06. The third-order valence-electron chi connectivity index (χ3n) is 2.59. The van der Waals surface area contributed by atoms with Crippen LogP contribution >= 0.6 is 0 Å². The Morgan fingerprint density at radius 3 is 2.65 bits per heavy atom. The monoisotopic (exact) mass is 260 g/mol. The van der Waals surface area contributed by atoms with E-state index in [-0.39, 0.29) is 5.75 Å². The van der Waals surface area contributed by atoms with Crippen molar-refractivity contribution in [3.05, 3.63) is 35.1 Å². The first-order chi connectivity index (χ1) is 7.79. The van der Waals surface area contributed by atoms with Crippen LogP contribution < -0.4 is 0 Å². The Balaban J connectivity index is 2.64. The molecular formula is C12H17FO3S. The SMILES string of the molecule is Cc1ccc(F)cc1C(O)CCCS(C)(=O)=O. The van der Waals surface area contributed by atoms with Crippen molar-refractivity contribution in [3.8, 4) is 0 Å². The van der Waals surface area contributed by atoms with Crippen molar-refractivity contribution in [1.82, 2.24) is 0 Å². The minimum absolute atomic E-state index is 0.0401. The van der Waals surface area contributed by atoms with E-state index in [1.54, 1.807) is 13.0 Å². The highest BCUT2D eigenvalue weighted by Gasteiger charge is 2.12. The molecule has 1 aromatic rings. The first-order valence-electron chi connectivity index (χ1n) is 5.41. The van der Waals surface area contributed by atoms with Gasteiger partial charge in [0.05, 0.1) is 6.10 Å². The van der Waals surface area contributed by atoms with Crippen molar-refractivity contribution in [2.24, 2.45) is 0 Å². The fourth-order valence-corrected chi connectivity index (χ4v) is 2.36. The van der Waals surface area contributed by atoms with Gasteiger partial charge in [0.1, 0.15) is 15.7 Å². The zero-order valence-corrected chi connectivity index (χ0v) is 10.8. The summed E-state index contributed by atoms with van der Waals surface area (Å²) in [6.45, 7) is 1.79. The second-order valence-electron chi connectivity index (χ2n) is 4.29. The summed E-state index contributed by atoms with van der Waals surface area (Å²) in [6.07, 6.45) is 1.03. The average molecular weight is 260 g/mol. The van der Waals surface area contributed by atoms with Gasteiger partial charge >= 0.3 is 0 Å². The molecule has 0 saturated carbocycles. The number of aliphatic hydroxyl groups is 1. The zero-order chi connectivity index (χ0) is 13.1. The Morgan fingerprint density at radius 2 is 2.06 bits per heavy atom. The van der Waals surface area contributed by atoms with E-state index in [2.05, 4.69) is 0 Å². The summed E-state index contributed by atoms with van der Waals surface area (Å²) in [5.41, 5.74) is 1.33. The highest BCUT2D eigenvalue weighted by molar-refractivity contribution is 7.90. The highest BCUT2D eigenvalue weighted by Crippen LogP contribution is 2.22. The van der Waals surface area contributed by atoms with Gasteiger partial charge in [-0.05, 0) is 43.0 Å². The summed E-state index contributed by atoms with van der Waals surface area (Å²) >= 11 is 0. The lowest BCUT2D eigenvalue weighted by Gasteiger charge is -2.13. The number of aryl methyl sites for hydroxylation is 1. The van der Waals surface area contributed by atoms with Crippen molar-refractivity contribution >= 4 is 9.84 Å². The van der Waals surface area contributed by atoms with Crippen LogP contribution in [0.25, 0.3) is 0 Å². The van der Waals surface area contributed by atoms with Crippen LogP contribution in [-0.2, 0) is 9.84 Å². The van der Waals surface area contributed by atoms with Gasteiger partial charge in [-0.2, -0.15) is 0 Å². The van der Waals surface area contributed by atoms with Gasteiger partial charge in [0.15, 0.2) is 0 Å². The maximum atomic E-state index is 13.0. The topological polar surface area (TPSA) is 54.4 Å². The summed E-state index contributed by atoms with van der Waals surface area (Å²) in [4.78, 5) is 0. The Labute approximate surface area is 101 Å². The molecule has 0 amide bonds. The van der Waals surface area contributed by atoms with Crippen LogP contribution in [0, 0.1) is 12.7 Å². The van der Waals surface area contributed by atoms with Crippen molar-refractivity contribution < 1.29 is 17.9 Å². The molecule has 96 valence electrons. The number of hydrogen-bond acceptors (Lipinski definition) is 3. The van der Waals surface area contributed by atoms with Gasteiger partial charge in [-0.15, -0.1) is 0 Å². The van der Waals surface area contributed by atoms with E-state index in [0.29, 0.717) is 18.4 Å². The fraction of sp³-hybridized carbons (Fsp3) is 0.500. The molecule has 0 bridgehead atoms. The van der Waals surface area contributed by atoms with E-state index in [1.807, 2.05) is 0 Å². The number of halogens is 1. The summed E-state index contributed by atoms with van der Waals surface area (Å²) < 4.78 is 34.9. The molecule has 17 heavy (non-hydrogen) atoms. The van der Waals surface area contributed by atoms with Gasteiger partial charge in [-0.25, -0.2) is 12.8 Å². The van der Waals surface area contributed by atoms with Gasteiger partial charge in [0.25, 0.3) is 0 Å². The number of aliphatic hydroxyl groups excluding tert-OH is 1. The minimum atomic E-state index is -3.01. The van der Waals surface area contributed by atoms with Crippen molar-refractivity contribution in [2.75, 3.05) is 12.0 Å².